The highest BCUT2D eigenvalue weighted by Crippen LogP contribution is 2.14. The quantitative estimate of drug-likeness (QED) is 0.742. The van der Waals surface area contributed by atoms with E-state index in [0.717, 1.165) is 4.90 Å². The first kappa shape index (κ1) is 17.6. The minimum Gasteiger partial charge on any atom is -0.376 e. The van der Waals surface area contributed by atoms with Gasteiger partial charge in [-0.15, -0.1) is 0 Å². The van der Waals surface area contributed by atoms with Crippen LogP contribution in [0.4, 0.5) is 23.7 Å². The molecular weight excluding hydrogens is 329 g/mol. The molecule has 0 radical (unpaired) electrons. The molecular formula is C14H15F3N4O3. The van der Waals surface area contributed by atoms with E-state index in [9.17, 15) is 27.6 Å². The Hall–Kier alpha value is -2.78. The molecule has 2 rings (SSSR count). The number of carbonyl (C=O) groups excluding carboxylic acids is 3. The number of anilines is 1. The van der Waals surface area contributed by atoms with Crippen LogP contribution in [-0.2, 0) is 4.79 Å². The van der Waals surface area contributed by atoms with Crippen molar-refractivity contribution in [3.8, 4) is 0 Å². The van der Waals surface area contributed by atoms with E-state index in [1.54, 1.807) is 11.4 Å². The second-order valence-electron chi connectivity index (χ2n) is 5.01. The van der Waals surface area contributed by atoms with Crippen LogP contribution in [0.1, 0.15) is 10.4 Å². The molecule has 0 saturated carbocycles. The maximum atomic E-state index is 12.1. The predicted octanol–water partition coefficient (Wildman–Crippen LogP) is 0.942. The number of imide groups is 1. The third-order valence-corrected chi connectivity index (χ3v) is 3.18. The minimum absolute atomic E-state index is 0.0237. The average Bonchev–Trinajstić information content (AvgIpc) is 2.96. The Bertz CT molecular complexity index is 648. The summed E-state index contributed by atoms with van der Waals surface area (Å²) in [6.07, 6.45) is -4.49. The number of hydrogen-bond donors (Lipinski definition) is 3. The Kier molecular flexibility index (Phi) is 5.27. The van der Waals surface area contributed by atoms with E-state index in [1.807, 2.05) is 0 Å². The van der Waals surface area contributed by atoms with Crippen LogP contribution in [0.2, 0.25) is 0 Å². The molecule has 0 atom stereocenters. The van der Waals surface area contributed by atoms with Gasteiger partial charge in [-0.2, -0.15) is 13.2 Å². The summed E-state index contributed by atoms with van der Waals surface area (Å²) in [6.45, 7) is -0.939. The van der Waals surface area contributed by atoms with Crippen molar-refractivity contribution >= 4 is 23.5 Å². The van der Waals surface area contributed by atoms with Gasteiger partial charge in [0.05, 0.1) is 6.54 Å². The molecule has 4 amide bonds. The lowest BCUT2D eigenvalue weighted by molar-refractivity contribution is -0.125. The number of alkyl halides is 3. The van der Waals surface area contributed by atoms with Crippen LogP contribution < -0.4 is 16.0 Å². The molecule has 1 fully saturated rings. The third kappa shape index (κ3) is 4.86. The predicted molar refractivity (Wildman–Crippen MR) is 78.4 cm³/mol. The van der Waals surface area contributed by atoms with Crippen LogP contribution >= 0.6 is 0 Å². The monoisotopic (exact) mass is 344 g/mol. The van der Waals surface area contributed by atoms with Crippen LogP contribution in [0, 0.1) is 0 Å². The lowest BCUT2D eigenvalue weighted by atomic mass is 10.2. The van der Waals surface area contributed by atoms with Gasteiger partial charge in [0.15, 0.2) is 0 Å². The van der Waals surface area contributed by atoms with Crippen LogP contribution in [-0.4, -0.2) is 55.1 Å². The van der Waals surface area contributed by atoms with E-state index >= 15 is 0 Å². The molecule has 0 unspecified atom stereocenters. The molecule has 1 aliphatic heterocycles. The zero-order valence-electron chi connectivity index (χ0n) is 12.4. The first-order valence-electron chi connectivity index (χ1n) is 7.03. The number of nitrogens with zero attached hydrogens (tertiary/aromatic N) is 1. The van der Waals surface area contributed by atoms with Crippen LogP contribution in [0.5, 0.6) is 0 Å². The fraction of sp³-hybridized carbons (Fsp3) is 0.357. The fourth-order valence-corrected chi connectivity index (χ4v) is 2.04. The van der Waals surface area contributed by atoms with E-state index in [2.05, 4.69) is 10.6 Å². The number of halogens is 3. The number of rotatable bonds is 5. The zero-order valence-corrected chi connectivity index (χ0v) is 12.4. The molecule has 3 N–H and O–H groups in total. The van der Waals surface area contributed by atoms with E-state index in [1.165, 1.54) is 18.2 Å². The topological polar surface area (TPSA) is 90.5 Å². The Balaban J connectivity index is 1.91. The summed E-state index contributed by atoms with van der Waals surface area (Å²) in [4.78, 5) is 35.9. The maximum Gasteiger partial charge on any atom is 0.405 e. The van der Waals surface area contributed by atoms with E-state index in [0.29, 0.717) is 12.2 Å². The molecule has 0 bridgehead atoms. The largest absolute Gasteiger partial charge is 0.405 e. The molecule has 0 spiro atoms. The van der Waals surface area contributed by atoms with Gasteiger partial charge in [-0.25, -0.2) is 4.79 Å². The van der Waals surface area contributed by atoms with Crippen molar-refractivity contribution in [3.63, 3.8) is 0 Å². The molecule has 1 heterocycles. The van der Waals surface area contributed by atoms with Gasteiger partial charge in [0.2, 0.25) is 5.91 Å². The highest BCUT2D eigenvalue weighted by molar-refractivity contribution is 5.98. The van der Waals surface area contributed by atoms with E-state index < -0.39 is 30.6 Å². The van der Waals surface area contributed by atoms with Gasteiger partial charge in [-0.05, 0) is 18.2 Å². The summed E-state index contributed by atoms with van der Waals surface area (Å²) >= 11 is 0. The van der Waals surface area contributed by atoms with Crippen LogP contribution in [0.25, 0.3) is 0 Å². The van der Waals surface area contributed by atoms with Crippen molar-refractivity contribution in [2.24, 2.45) is 0 Å². The number of nitrogens with one attached hydrogen (secondary N) is 3. The van der Waals surface area contributed by atoms with Crippen molar-refractivity contribution in [1.82, 2.24) is 15.5 Å². The van der Waals surface area contributed by atoms with Gasteiger partial charge in [-0.1, -0.05) is 6.07 Å². The van der Waals surface area contributed by atoms with Gasteiger partial charge in [0.25, 0.3) is 5.91 Å². The molecule has 0 aromatic heterocycles. The molecule has 1 saturated heterocycles. The molecule has 7 nitrogen and oxygen atoms in total. The van der Waals surface area contributed by atoms with Crippen molar-refractivity contribution in [3.05, 3.63) is 29.8 Å². The average molecular weight is 344 g/mol. The lowest BCUT2D eigenvalue weighted by Crippen LogP contribution is -2.38. The molecule has 0 aliphatic carbocycles. The summed E-state index contributed by atoms with van der Waals surface area (Å²) in [6, 6.07) is 5.23. The Labute approximate surface area is 135 Å². The SMILES string of the molecule is O=C(NCC(F)(F)F)c1cccc(NCC(=O)N2CCNC2=O)c1. The molecule has 1 aromatic rings. The van der Waals surface area contributed by atoms with Gasteiger partial charge >= 0.3 is 12.2 Å². The summed E-state index contributed by atoms with van der Waals surface area (Å²) < 4.78 is 36.3. The molecule has 1 aliphatic rings. The lowest BCUT2D eigenvalue weighted by Gasteiger charge is -2.14. The van der Waals surface area contributed by atoms with Gasteiger partial charge in [0, 0.05) is 24.3 Å². The number of carbonyl (C=O) groups is 3. The second-order valence-corrected chi connectivity index (χ2v) is 5.01. The third-order valence-electron chi connectivity index (χ3n) is 3.18. The van der Waals surface area contributed by atoms with E-state index in [4.69, 9.17) is 0 Å². The van der Waals surface area contributed by atoms with Crippen molar-refractivity contribution < 1.29 is 27.6 Å². The summed E-state index contributed by atoms with van der Waals surface area (Å²) in [5.41, 5.74) is 0.401. The Morgan fingerprint density at radius 3 is 2.67 bits per heavy atom. The smallest absolute Gasteiger partial charge is 0.376 e. The van der Waals surface area contributed by atoms with Crippen molar-refractivity contribution in [1.29, 1.82) is 0 Å². The number of amides is 4. The first-order chi connectivity index (χ1) is 11.3. The van der Waals surface area contributed by atoms with Crippen molar-refractivity contribution in [2.45, 2.75) is 6.18 Å². The van der Waals surface area contributed by atoms with Crippen LogP contribution in [0.3, 0.4) is 0 Å². The normalized spacial score (nSPS) is 14.3. The number of urea groups is 1. The Morgan fingerprint density at radius 1 is 1.29 bits per heavy atom. The number of benzene rings is 1. The number of hydrogen-bond acceptors (Lipinski definition) is 4. The van der Waals surface area contributed by atoms with Crippen molar-refractivity contribution in [2.75, 3.05) is 31.5 Å². The molecule has 1 aromatic carbocycles. The zero-order chi connectivity index (χ0) is 17.7. The second kappa shape index (κ2) is 7.20. The summed E-state index contributed by atoms with van der Waals surface area (Å²) in [5, 5.41) is 6.99. The molecule has 130 valence electrons. The first-order valence-corrected chi connectivity index (χ1v) is 7.03. The van der Waals surface area contributed by atoms with Crippen LogP contribution in [0.15, 0.2) is 24.3 Å². The highest BCUT2D eigenvalue weighted by atomic mass is 19.4. The summed E-state index contributed by atoms with van der Waals surface area (Å²) in [5.74, 6) is -1.32. The van der Waals surface area contributed by atoms with Gasteiger partial charge in [-0.3, -0.25) is 14.5 Å². The molecule has 10 heteroatoms. The van der Waals surface area contributed by atoms with E-state index in [-0.39, 0.29) is 18.7 Å². The van der Waals surface area contributed by atoms with Gasteiger partial charge in [0.1, 0.15) is 6.54 Å². The highest BCUT2D eigenvalue weighted by Gasteiger charge is 2.28. The maximum absolute atomic E-state index is 12.1. The standard InChI is InChI=1S/C14H15F3N4O3/c15-14(16,17)8-20-12(23)9-2-1-3-10(6-9)19-7-11(22)21-5-4-18-13(21)24/h1-3,6,19H,4-5,7-8H2,(H,18,24)(H,20,23). The minimum atomic E-state index is -4.49. The van der Waals surface area contributed by atoms with Gasteiger partial charge < -0.3 is 16.0 Å². The Morgan fingerprint density at radius 2 is 2.04 bits per heavy atom. The molecule has 24 heavy (non-hydrogen) atoms. The fourth-order valence-electron chi connectivity index (χ4n) is 2.04. The summed E-state index contributed by atoms with van der Waals surface area (Å²) in [7, 11) is 0.